The maximum atomic E-state index is 12.5. The number of nitrogens with one attached hydrogen (secondary N) is 2. The average Bonchev–Trinajstić information content (AvgIpc) is 3.41. The summed E-state index contributed by atoms with van der Waals surface area (Å²) in [6.07, 6.45) is 2.00. The molecule has 0 unspecified atom stereocenters. The molecule has 2 aromatic carbocycles. The molecule has 32 heavy (non-hydrogen) atoms. The molecule has 0 aliphatic rings. The van der Waals surface area contributed by atoms with Crippen molar-refractivity contribution in [3.05, 3.63) is 71.4 Å². The molecule has 0 aliphatic heterocycles. The Bertz CT molecular complexity index is 1230. The number of H-pyrrole nitrogens is 1. The number of benzene rings is 2. The molecule has 2 heterocycles. The fraction of sp³-hybridized carbons (Fsp3) is 0.208. The van der Waals surface area contributed by atoms with Gasteiger partial charge in [0.25, 0.3) is 0 Å². The van der Waals surface area contributed by atoms with E-state index in [9.17, 15) is 14.7 Å². The Morgan fingerprint density at radius 2 is 1.97 bits per heavy atom. The van der Waals surface area contributed by atoms with E-state index in [1.807, 2.05) is 60.8 Å². The average molecular weight is 450 g/mol. The highest BCUT2D eigenvalue weighted by molar-refractivity contribution is 7.13. The van der Waals surface area contributed by atoms with Crippen LogP contribution in [-0.2, 0) is 22.4 Å². The number of aliphatic carboxylic acids is 1. The molecule has 4 rings (SSSR count). The topological polar surface area (TPSA) is 104 Å². The van der Waals surface area contributed by atoms with Crippen LogP contribution in [0.2, 0.25) is 0 Å². The first kappa shape index (κ1) is 21.6. The zero-order valence-corrected chi connectivity index (χ0v) is 18.3. The Kier molecular flexibility index (Phi) is 6.51. The summed E-state index contributed by atoms with van der Waals surface area (Å²) in [5, 5.41) is 15.8. The number of carboxylic acids is 1. The molecular weight excluding hydrogens is 426 g/mol. The number of hydrogen-bond acceptors (Lipinski definition) is 5. The van der Waals surface area contributed by atoms with Gasteiger partial charge in [-0.25, -0.2) is 9.78 Å². The molecule has 1 atom stereocenters. The molecule has 0 saturated heterocycles. The lowest BCUT2D eigenvalue weighted by molar-refractivity contribution is -0.141. The van der Waals surface area contributed by atoms with Crippen LogP contribution >= 0.6 is 11.3 Å². The number of carbonyl (C=O) groups excluding carboxylic acids is 1. The van der Waals surface area contributed by atoms with E-state index in [1.165, 1.54) is 11.3 Å². The predicted molar refractivity (Wildman–Crippen MR) is 124 cm³/mol. The van der Waals surface area contributed by atoms with Gasteiger partial charge >= 0.3 is 5.97 Å². The molecule has 0 fully saturated rings. The number of rotatable bonds is 9. The summed E-state index contributed by atoms with van der Waals surface area (Å²) in [7, 11) is 0. The summed E-state index contributed by atoms with van der Waals surface area (Å²) in [5.41, 5.74) is 3.32. The van der Waals surface area contributed by atoms with E-state index >= 15 is 0 Å². The van der Waals surface area contributed by atoms with Gasteiger partial charge < -0.3 is 20.1 Å². The van der Waals surface area contributed by atoms with Gasteiger partial charge in [-0.3, -0.25) is 4.79 Å². The molecular formula is C24H23N3O4S. The maximum Gasteiger partial charge on any atom is 0.326 e. The second-order valence-electron chi connectivity index (χ2n) is 7.30. The SMILES string of the molecule is CCOc1ccc(-c2nc(CC(=O)N[C@H](Cc3c[nH]c4ccccc34)C(=O)O)cs2)cc1. The Labute approximate surface area is 189 Å². The standard InChI is InChI=1S/C24H23N3O4S/c1-2-31-18-9-7-15(8-10-18)23-26-17(14-32-23)12-22(28)27-21(24(29)30)11-16-13-25-20-6-4-3-5-19(16)20/h3-10,13-14,21,25H,2,11-12H2,1H3,(H,27,28)(H,29,30)/t21-/m1/s1. The number of hydrogen-bond donors (Lipinski definition) is 3. The van der Waals surface area contributed by atoms with Gasteiger partial charge in [-0.15, -0.1) is 11.3 Å². The summed E-state index contributed by atoms with van der Waals surface area (Å²) < 4.78 is 5.45. The lowest BCUT2D eigenvalue weighted by Crippen LogP contribution is -2.43. The normalized spacial score (nSPS) is 11.9. The Morgan fingerprint density at radius 3 is 2.72 bits per heavy atom. The molecule has 0 spiro atoms. The Balaban J connectivity index is 1.40. The van der Waals surface area contributed by atoms with E-state index < -0.39 is 12.0 Å². The minimum Gasteiger partial charge on any atom is -0.494 e. The lowest BCUT2D eigenvalue weighted by Gasteiger charge is -2.14. The van der Waals surface area contributed by atoms with Gasteiger partial charge in [0.2, 0.25) is 5.91 Å². The van der Waals surface area contributed by atoms with Crippen LogP contribution in [0.3, 0.4) is 0 Å². The van der Waals surface area contributed by atoms with Crippen LogP contribution in [0.25, 0.3) is 21.5 Å². The van der Waals surface area contributed by atoms with Crippen LogP contribution in [0.4, 0.5) is 0 Å². The number of carbonyl (C=O) groups is 2. The first-order chi connectivity index (χ1) is 15.5. The van der Waals surface area contributed by atoms with Gasteiger partial charge in [-0.1, -0.05) is 18.2 Å². The number of carboxylic acid groups (broad SMARTS) is 1. The number of nitrogens with zero attached hydrogens (tertiary/aromatic N) is 1. The summed E-state index contributed by atoms with van der Waals surface area (Å²) in [6.45, 7) is 2.54. The zero-order chi connectivity index (χ0) is 22.5. The first-order valence-electron chi connectivity index (χ1n) is 10.3. The number of amides is 1. The third-order valence-corrected chi connectivity index (χ3v) is 5.98. The van der Waals surface area contributed by atoms with Gasteiger partial charge in [0.15, 0.2) is 0 Å². The molecule has 0 radical (unpaired) electrons. The van der Waals surface area contributed by atoms with Crippen molar-refractivity contribution in [1.29, 1.82) is 0 Å². The fourth-order valence-electron chi connectivity index (χ4n) is 3.51. The largest absolute Gasteiger partial charge is 0.494 e. The highest BCUT2D eigenvalue weighted by Gasteiger charge is 2.22. The van der Waals surface area contributed by atoms with Crippen molar-refractivity contribution in [1.82, 2.24) is 15.3 Å². The maximum absolute atomic E-state index is 12.5. The summed E-state index contributed by atoms with van der Waals surface area (Å²) >= 11 is 1.44. The van der Waals surface area contributed by atoms with Crippen LogP contribution in [-0.4, -0.2) is 39.6 Å². The molecule has 0 aliphatic carbocycles. The van der Waals surface area contributed by atoms with E-state index in [4.69, 9.17) is 4.74 Å². The van der Waals surface area contributed by atoms with Crippen molar-refractivity contribution >= 4 is 34.1 Å². The number of para-hydroxylation sites is 1. The lowest BCUT2D eigenvalue weighted by atomic mass is 10.0. The minimum absolute atomic E-state index is 0.0190. The van der Waals surface area contributed by atoms with Gasteiger partial charge in [0, 0.05) is 34.5 Å². The van der Waals surface area contributed by atoms with E-state index in [-0.39, 0.29) is 18.7 Å². The van der Waals surface area contributed by atoms with Gasteiger partial charge in [0.05, 0.1) is 18.7 Å². The predicted octanol–water partition coefficient (Wildman–Crippen LogP) is 4.04. The molecule has 164 valence electrons. The van der Waals surface area contributed by atoms with E-state index in [0.29, 0.717) is 12.3 Å². The summed E-state index contributed by atoms with van der Waals surface area (Å²) in [4.78, 5) is 32.0. The molecule has 0 bridgehead atoms. The number of ether oxygens (including phenoxy) is 1. The van der Waals surface area contributed by atoms with Gasteiger partial charge in [0.1, 0.15) is 16.8 Å². The smallest absolute Gasteiger partial charge is 0.326 e. The third-order valence-electron chi connectivity index (χ3n) is 5.04. The van der Waals surface area contributed by atoms with Crippen LogP contribution in [0.5, 0.6) is 5.75 Å². The molecule has 8 heteroatoms. The first-order valence-corrected chi connectivity index (χ1v) is 11.2. The Hall–Kier alpha value is -3.65. The minimum atomic E-state index is -1.07. The van der Waals surface area contributed by atoms with Crippen molar-refractivity contribution in [2.24, 2.45) is 0 Å². The van der Waals surface area contributed by atoms with Crippen molar-refractivity contribution in [3.63, 3.8) is 0 Å². The van der Waals surface area contributed by atoms with Crippen LogP contribution in [0, 0.1) is 0 Å². The summed E-state index contributed by atoms with van der Waals surface area (Å²) in [5.74, 6) is -0.653. The van der Waals surface area contributed by atoms with Crippen molar-refractivity contribution < 1.29 is 19.4 Å². The van der Waals surface area contributed by atoms with Crippen LogP contribution in [0.15, 0.2) is 60.1 Å². The molecule has 3 N–H and O–H groups in total. The van der Waals surface area contributed by atoms with Crippen molar-refractivity contribution in [2.75, 3.05) is 6.61 Å². The fourth-order valence-corrected chi connectivity index (χ4v) is 4.34. The molecule has 1 amide bonds. The van der Waals surface area contributed by atoms with Gasteiger partial charge in [-0.2, -0.15) is 0 Å². The molecule has 2 aromatic heterocycles. The third kappa shape index (κ3) is 4.97. The van der Waals surface area contributed by atoms with Crippen molar-refractivity contribution in [2.45, 2.75) is 25.8 Å². The molecule has 0 saturated carbocycles. The number of thiazole rings is 1. The quantitative estimate of drug-likeness (QED) is 0.358. The Morgan fingerprint density at radius 1 is 1.19 bits per heavy atom. The number of aromatic amines is 1. The van der Waals surface area contributed by atoms with Crippen LogP contribution < -0.4 is 10.1 Å². The van der Waals surface area contributed by atoms with Crippen LogP contribution in [0.1, 0.15) is 18.2 Å². The van der Waals surface area contributed by atoms with E-state index in [0.717, 1.165) is 32.8 Å². The highest BCUT2D eigenvalue weighted by atomic mass is 32.1. The van der Waals surface area contributed by atoms with E-state index in [1.54, 1.807) is 6.20 Å². The van der Waals surface area contributed by atoms with E-state index in [2.05, 4.69) is 15.3 Å². The highest BCUT2D eigenvalue weighted by Crippen LogP contribution is 2.26. The molecule has 4 aromatic rings. The second kappa shape index (κ2) is 9.65. The molecule has 7 nitrogen and oxygen atoms in total. The number of fused-ring (bicyclic) bond motifs is 1. The van der Waals surface area contributed by atoms with Crippen molar-refractivity contribution in [3.8, 4) is 16.3 Å². The van der Waals surface area contributed by atoms with Gasteiger partial charge in [-0.05, 0) is 42.8 Å². The summed E-state index contributed by atoms with van der Waals surface area (Å²) in [6, 6.07) is 14.3. The number of aromatic nitrogens is 2. The zero-order valence-electron chi connectivity index (χ0n) is 17.5. The monoisotopic (exact) mass is 449 g/mol. The second-order valence-corrected chi connectivity index (χ2v) is 8.16.